The summed E-state index contributed by atoms with van der Waals surface area (Å²) < 4.78 is 0. The predicted octanol–water partition coefficient (Wildman–Crippen LogP) is -2.66. The highest BCUT2D eigenvalue weighted by Crippen LogP contribution is 2.06. The highest BCUT2D eigenvalue weighted by Gasteiger charge is 2.30. The normalized spacial score (nSPS) is 13.7. The standard InChI is InChI=1S/C23H36N8O6S/c24-14(7-4-10-28-23(26)27)19(33)30-16(11-13-5-2-1-3-6-13)20(34)31-17(12-38)21(35)29-15(22(36)37)8-9-18(25)32/h1-3,5-6,14-17,38H,4,7-12,24H2,(H2,25,32)(H,29,35)(H,30,33)(H,31,34)(H,36,37)(H4,26,27,28). The number of rotatable bonds is 17. The van der Waals surface area contributed by atoms with Crippen molar-refractivity contribution in [3.63, 3.8) is 0 Å². The average Bonchev–Trinajstić information content (AvgIpc) is 2.86. The molecule has 0 saturated carbocycles. The largest absolute Gasteiger partial charge is 0.480 e. The van der Waals surface area contributed by atoms with Gasteiger partial charge in [-0.05, 0) is 24.8 Å². The quantitative estimate of drug-likeness (QED) is 0.0422. The minimum Gasteiger partial charge on any atom is -0.480 e. The first-order valence-corrected chi connectivity index (χ1v) is 12.5. The summed E-state index contributed by atoms with van der Waals surface area (Å²) in [5.41, 5.74) is 22.3. The number of amides is 4. The first-order chi connectivity index (χ1) is 17.9. The predicted molar refractivity (Wildman–Crippen MR) is 144 cm³/mol. The number of carbonyl (C=O) groups is 5. The van der Waals surface area contributed by atoms with Gasteiger partial charge in [-0.25, -0.2) is 4.79 Å². The van der Waals surface area contributed by atoms with Crippen LogP contribution in [0.1, 0.15) is 31.2 Å². The second-order valence-electron chi connectivity index (χ2n) is 8.45. The number of hydrogen-bond donors (Lipinski definition) is 9. The number of aliphatic carboxylic acids is 1. The highest BCUT2D eigenvalue weighted by atomic mass is 32.1. The van der Waals surface area contributed by atoms with E-state index in [2.05, 4.69) is 33.6 Å². The van der Waals surface area contributed by atoms with E-state index in [9.17, 15) is 29.1 Å². The fourth-order valence-electron chi connectivity index (χ4n) is 3.27. The molecule has 0 saturated heterocycles. The molecule has 0 aliphatic rings. The number of carboxylic acid groups (broad SMARTS) is 1. The van der Waals surface area contributed by atoms with Crippen LogP contribution in [0.3, 0.4) is 0 Å². The van der Waals surface area contributed by atoms with Gasteiger partial charge in [-0.3, -0.25) is 24.2 Å². The van der Waals surface area contributed by atoms with E-state index in [1.165, 1.54) is 0 Å². The molecule has 4 amide bonds. The van der Waals surface area contributed by atoms with E-state index in [-0.39, 0.29) is 43.9 Å². The molecule has 0 heterocycles. The topological polar surface area (TPSA) is 258 Å². The number of nitrogens with one attached hydrogen (secondary N) is 3. The van der Waals surface area contributed by atoms with Gasteiger partial charge < -0.3 is 44.0 Å². The molecular formula is C23H36N8O6S. The van der Waals surface area contributed by atoms with Crippen molar-refractivity contribution in [3.05, 3.63) is 35.9 Å². The van der Waals surface area contributed by atoms with Crippen LogP contribution in [-0.2, 0) is 30.4 Å². The van der Waals surface area contributed by atoms with Crippen molar-refractivity contribution in [1.82, 2.24) is 16.0 Å². The Morgan fingerprint density at radius 2 is 1.45 bits per heavy atom. The van der Waals surface area contributed by atoms with Gasteiger partial charge in [0.2, 0.25) is 23.6 Å². The maximum absolute atomic E-state index is 13.1. The van der Waals surface area contributed by atoms with Crippen molar-refractivity contribution in [2.45, 2.75) is 56.3 Å². The second-order valence-corrected chi connectivity index (χ2v) is 8.82. The zero-order valence-electron chi connectivity index (χ0n) is 20.8. The number of benzene rings is 1. The molecule has 0 bridgehead atoms. The number of aliphatic imine (C=N–C) groups is 1. The first-order valence-electron chi connectivity index (χ1n) is 11.8. The van der Waals surface area contributed by atoms with Gasteiger partial charge in [-0.15, -0.1) is 0 Å². The molecule has 1 rings (SSSR count). The van der Waals surface area contributed by atoms with Crippen molar-refractivity contribution < 1.29 is 29.1 Å². The van der Waals surface area contributed by atoms with Crippen molar-refractivity contribution in [2.24, 2.45) is 27.9 Å². The van der Waals surface area contributed by atoms with Crippen LogP contribution in [0.15, 0.2) is 35.3 Å². The fraction of sp³-hybridized carbons (Fsp3) is 0.478. The Labute approximate surface area is 225 Å². The van der Waals surface area contributed by atoms with Gasteiger partial charge >= 0.3 is 5.97 Å². The first kappa shape index (κ1) is 32.2. The number of thiol groups is 1. The van der Waals surface area contributed by atoms with Crippen molar-refractivity contribution >= 4 is 48.2 Å². The van der Waals surface area contributed by atoms with Crippen LogP contribution in [0.5, 0.6) is 0 Å². The summed E-state index contributed by atoms with van der Waals surface area (Å²) in [6.07, 6.45) is 0.302. The van der Waals surface area contributed by atoms with E-state index < -0.39 is 53.8 Å². The molecule has 14 nitrogen and oxygen atoms in total. The lowest BCUT2D eigenvalue weighted by Gasteiger charge is -2.24. The molecule has 1 aromatic rings. The van der Waals surface area contributed by atoms with E-state index in [0.717, 1.165) is 5.56 Å². The molecule has 1 aromatic carbocycles. The maximum Gasteiger partial charge on any atom is 0.326 e. The summed E-state index contributed by atoms with van der Waals surface area (Å²) in [5, 5.41) is 16.7. The summed E-state index contributed by atoms with van der Waals surface area (Å²) >= 11 is 4.09. The van der Waals surface area contributed by atoms with Gasteiger partial charge in [0, 0.05) is 25.1 Å². The summed E-state index contributed by atoms with van der Waals surface area (Å²) in [6, 6.07) is 4.18. The lowest BCUT2D eigenvalue weighted by Crippen LogP contribution is -2.58. The number of primary amides is 1. The zero-order valence-corrected chi connectivity index (χ0v) is 21.7. The van der Waals surface area contributed by atoms with E-state index in [1.54, 1.807) is 30.3 Å². The van der Waals surface area contributed by atoms with Crippen LogP contribution in [-0.4, -0.2) is 77.1 Å². The number of nitrogens with zero attached hydrogens (tertiary/aromatic N) is 1. The van der Waals surface area contributed by atoms with Gasteiger partial charge in [0.1, 0.15) is 18.1 Å². The molecule has 210 valence electrons. The molecule has 12 N–H and O–H groups in total. The van der Waals surface area contributed by atoms with Gasteiger partial charge in [-0.2, -0.15) is 12.6 Å². The van der Waals surface area contributed by atoms with Crippen LogP contribution in [0.2, 0.25) is 0 Å². The van der Waals surface area contributed by atoms with Crippen molar-refractivity contribution in [3.8, 4) is 0 Å². The lowest BCUT2D eigenvalue weighted by molar-refractivity contribution is -0.142. The van der Waals surface area contributed by atoms with Gasteiger partial charge in [0.15, 0.2) is 5.96 Å². The maximum atomic E-state index is 13.1. The van der Waals surface area contributed by atoms with Gasteiger partial charge in [0.25, 0.3) is 0 Å². The number of guanidine groups is 1. The van der Waals surface area contributed by atoms with Crippen LogP contribution in [0, 0.1) is 0 Å². The molecule has 0 aromatic heterocycles. The third-order valence-corrected chi connectivity index (χ3v) is 5.69. The van der Waals surface area contributed by atoms with Crippen LogP contribution in [0.25, 0.3) is 0 Å². The number of hydrogen-bond acceptors (Lipinski definition) is 8. The third kappa shape index (κ3) is 12.4. The molecule has 0 fully saturated rings. The Morgan fingerprint density at radius 1 is 0.868 bits per heavy atom. The molecule has 0 aliphatic carbocycles. The summed E-state index contributed by atoms with van der Waals surface area (Å²) in [7, 11) is 0. The summed E-state index contributed by atoms with van der Waals surface area (Å²) in [6.45, 7) is 0.284. The van der Waals surface area contributed by atoms with Crippen LogP contribution < -0.4 is 38.9 Å². The number of nitrogens with two attached hydrogens (primary N) is 4. The van der Waals surface area contributed by atoms with E-state index in [1.807, 2.05) is 0 Å². The van der Waals surface area contributed by atoms with Crippen LogP contribution in [0.4, 0.5) is 0 Å². The van der Waals surface area contributed by atoms with E-state index >= 15 is 0 Å². The highest BCUT2D eigenvalue weighted by molar-refractivity contribution is 7.80. The average molecular weight is 553 g/mol. The Bertz CT molecular complexity index is 989. The molecule has 0 spiro atoms. The van der Waals surface area contributed by atoms with Crippen LogP contribution >= 0.6 is 12.6 Å². The Kier molecular flexibility index (Phi) is 14.2. The number of carboxylic acids is 1. The molecule has 4 atom stereocenters. The molecular weight excluding hydrogens is 516 g/mol. The molecule has 0 radical (unpaired) electrons. The Balaban J connectivity index is 2.93. The molecule has 4 unspecified atom stereocenters. The Hall–Kier alpha value is -3.85. The van der Waals surface area contributed by atoms with Gasteiger partial charge in [-0.1, -0.05) is 30.3 Å². The van der Waals surface area contributed by atoms with Gasteiger partial charge in [0.05, 0.1) is 6.04 Å². The molecule has 15 heteroatoms. The molecule has 0 aliphatic heterocycles. The van der Waals surface area contributed by atoms with Crippen molar-refractivity contribution in [2.75, 3.05) is 12.3 Å². The minimum absolute atomic E-state index is 0.0760. The number of carbonyl (C=O) groups excluding carboxylic acids is 4. The third-order valence-electron chi connectivity index (χ3n) is 5.33. The molecule has 38 heavy (non-hydrogen) atoms. The summed E-state index contributed by atoms with van der Waals surface area (Å²) in [5.74, 6) is -4.45. The van der Waals surface area contributed by atoms with E-state index in [0.29, 0.717) is 6.42 Å². The minimum atomic E-state index is -1.40. The SMILES string of the molecule is NC(=O)CCC(NC(=O)C(CS)NC(=O)C(Cc1ccccc1)NC(=O)C(N)CCCN=C(N)N)C(=O)O. The monoisotopic (exact) mass is 552 g/mol. The zero-order chi connectivity index (χ0) is 28.7. The lowest BCUT2D eigenvalue weighted by atomic mass is 10.0. The van der Waals surface area contributed by atoms with Crippen molar-refractivity contribution in [1.29, 1.82) is 0 Å². The Morgan fingerprint density at radius 3 is 2.00 bits per heavy atom. The summed E-state index contributed by atoms with van der Waals surface area (Å²) in [4.78, 5) is 64.8. The smallest absolute Gasteiger partial charge is 0.326 e. The fourth-order valence-corrected chi connectivity index (χ4v) is 3.53. The van der Waals surface area contributed by atoms with E-state index in [4.69, 9.17) is 22.9 Å². The second kappa shape index (κ2) is 16.8.